The van der Waals surface area contributed by atoms with Crippen molar-refractivity contribution in [2.75, 3.05) is 5.32 Å². The van der Waals surface area contributed by atoms with Crippen molar-refractivity contribution >= 4 is 32.6 Å². The van der Waals surface area contributed by atoms with Gasteiger partial charge in [-0.1, -0.05) is 18.2 Å². The first-order valence-corrected chi connectivity index (χ1v) is 9.62. The number of nitrogens with one attached hydrogen (secondary N) is 2. The number of aryl methyl sites for hydroxylation is 1. The predicted molar refractivity (Wildman–Crippen MR) is 103 cm³/mol. The predicted octanol–water partition coefficient (Wildman–Crippen LogP) is 2.72. The van der Waals surface area contributed by atoms with Crippen LogP contribution < -0.4 is 10.5 Å². The number of rotatable bonds is 4. The molecular formula is C18H16N6O2S. The Bertz CT molecular complexity index is 1250. The number of hydrogen-bond acceptors (Lipinski definition) is 6. The number of sulfonamides is 1. The van der Waals surface area contributed by atoms with Crippen LogP contribution in [0.5, 0.6) is 0 Å². The van der Waals surface area contributed by atoms with Crippen LogP contribution in [0, 0.1) is 6.92 Å². The summed E-state index contributed by atoms with van der Waals surface area (Å²) in [5.41, 5.74) is 4.05. The highest BCUT2D eigenvalue weighted by Gasteiger charge is 2.12. The summed E-state index contributed by atoms with van der Waals surface area (Å²) in [5.74, 6) is 0.350. The van der Waals surface area contributed by atoms with Crippen LogP contribution in [0.2, 0.25) is 0 Å². The summed E-state index contributed by atoms with van der Waals surface area (Å²) in [6, 6.07) is 12.0. The molecule has 9 heteroatoms. The van der Waals surface area contributed by atoms with Gasteiger partial charge in [0.15, 0.2) is 0 Å². The minimum atomic E-state index is -3.78. The van der Waals surface area contributed by atoms with Gasteiger partial charge in [0.1, 0.15) is 0 Å². The molecule has 0 unspecified atom stereocenters. The average molecular weight is 380 g/mol. The Morgan fingerprint density at radius 3 is 2.74 bits per heavy atom. The van der Waals surface area contributed by atoms with Gasteiger partial charge >= 0.3 is 0 Å². The number of nitrogens with zero attached hydrogens (tertiary/aromatic N) is 3. The molecule has 136 valence electrons. The lowest BCUT2D eigenvalue weighted by Gasteiger charge is -2.10. The molecule has 0 aliphatic heterocycles. The molecule has 8 nitrogen and oxygen atoms in total. The Morgan fingerprint density at radius 2 is 1.93 bits per heavy atom. The van der Waals surface area contributed by atoms with Gasteiger partial charge in [-0.25, -0.2) is 23.5 Å². The lowest BCUT2D eigenvalue weighted by molar-refractivity contribution is 0.598. The van der Waals surface area contributed by atoms with Crippen molar-refractivity contribution in [1.82, 2.24) is 20.2 Å². The number of hydrogen-bond donors (Lipinski definition) is 3. The maximum atomic E-state index is 11.5. The standard InChI is InChI=1S/C18H16N6O2S/c1-11-9-20-18(22-12-4-2-5-13(8-12)27(19,25)26)23-17(11)14-6-3-7-16-15(14)10-21-24-16/h2-10H,1H3,(H,21,24)(H2,19,25,26)(H,20,22,23). The summed E-state index contributed by atoms with van der Waals surface area (Å²) in [5, 5.41) is 16.2. The Hall–Kier alpha value is -3.30. The molecule has 0 bridgehead atoms. The third-order valence-corrected chi connectivity index (χ3v) is 5.04. The first-order chi connectivity index (χ1) is 12.9. The van der Waals surface area contributed by atoms with E-state index < -0.39 is 10.0 Å². The molecule has 0 amide bonds. The van der Waals surface area contributed by atoms with E-state index in [-0.39, 0.29) is 4.90 Å². The maximum Gasteiger partial charge on any atom is 0.238 e. The van der Waals surface area contributed by atoms with Crippen molar-refractivity contribution in [3.05, 3.63) is 60.4 Å². The molecule has 4 rings (SSSR count). The Balaban J connectivity index is 1.75. The number of primary sulfonamides is 1. The van der Waals surface area contributed by atoms with Gasteiger partial charge in [0, 0.05) is 22.8 Å². The molecule has 0 radical (unpaired) electrons. The van der Waals surface area contributed by atoms with E-state index in [2.05, 4.69) is 25.5 Å². The van der Waals surface area contributed by atoms with Gasteiger partial charge in [0.05, 0.1) is 22.3 Å². The van der Waals surface area contributed by atoms with Gasteiger partial charge in [0.25, 0.3) is 0 Å². The molecule has 0 spiro atoms. The highest BCUT2D eigenvalue weighted by atomic mass is 32.2. The van der Waals surface area contributed by atoms with E-state index in [9.17, 15) is 8.42 Å². The highest BCUT2D eigenvalue weighted by molar-refractivity contribution is 7.89. The van der Waals surface area contributed by atoms with Crippen molar-refractivity contribution in [1.29, 1.82) is 0 Å². The third kappa shape index (κ3) is 3.37. The number of anilines is 2. The minimum Gasteiger partial charge on any atom is -0.324 e. The monoisotopic (exact) mass is 380 g/mol. The van der Waals surface area contributed by atoms with Crippen LogP contribution in [0.3, 0.4) is 0 Å². The molecule has 0 atom stereocenters. The number of nitrogens with two attached hydrogens (primary N) is 1. The zero-order valence-corrected chi connectivity index (χ0v) is 15.2. The Morgan fingerprint density at radius 1 is 1.11 bits per heavy atom. The van der Waals surface area contributed by atoms with E-state index >= 15 is 0 Å². The third-order valence-electron chi connectivity index (χ3n) is 4.13. The summed E-state index contributed by atoms with van der Waals surface area (Å²) in [6.07, 6.45) is 3.47. The summed E-state index contributed by atoms with van der Waals surface area (Å²) < 4.78 is 23.1. The van der Waals surface area contributed by atoms with Crippen LogP contribution in [0.1, 0.15) is 5.56 Å². The van der Waals surface area contributed by atoms with Crippen molar-refractivity contribution in [2.24, 2.45) is 5.14 Å². The summed E-state index contributed by atoms with van der Waals surface area (Å²) in [4.78, 5) is 8.92. The molecular weight excluding hydrogens is 364 g/mol. The fraction of sp³-hybridized carbons (Fsp3) is 0.0556. The quantitative estimate of drug-likeness (QED) is 0.500. The number of aromatic nitrogens is 4. The second-order valence-electron chi connectivity index (χ2n) is 6.06. The minimum absolute atomic E-state index is 0.0167. The largest absolute Gasteiger partial charge is 0.324 e. The number of H-pyrrole nitrogens is 1. The van der Waals surface area contributed by atoms with E-state index in [1.54, 1.807) is 24.5 Å². The molecule has 0 saturated heterocycles. The molecule has 2 aromatic heterocycles. The van der Waals surface area contributed by atoms with Gasteiger partial charge < -0.3 is 5.32 Å². The molecule has 0 fully saturated rings. The zero-order chi connectivity index (χ0) is 19.0. The fourth-order valence-corrected chi connectivity index (χ4v) is 3.39. The van der Waals surface area contributed by atoms with Crippen LogP contribution in [0.15, 0.2) is 59.8 Å². The van der Waals surface area contributed by atoms with Crippen LogP contribution in [0.25, 0.3) is 22.2 Å². The van der Waals surface area contributed by atoms with Crippen molar-refractivity contribution in [3.8, 4) is 11.3 Å². The van der Waals surface area contributed by atoms with Gasteiger partial charge in [-0.3, -0.25) is 5.10 Å². The molecule has 0 saturated carbocycles. The van der Waals surface area contributed by atoms with Gasteiger partial charge in [0.2, 0.25) is 16.0 Å². The fourth-order valence-electron chi connectivity index (χ4n) is 2.83. The SMILES string of the molecule is Cc1cnc(Nc2cccc(S(N)(=O)=O)c2)nc1-c1cccc2[nH]ncc12. The lowest BCUT2D eigenvalue weighted by atomic mass is 10.0. The molecule has 0 aliphatic carbocycles. The lowest BCUT2D eigenvalue weighted by Crippen LogP contribution is -2.12. The average Bonchev–Trinajstić information content (AvgIpc) is 3.12. The number of fused-ring (bicyclic) bond motifs is 1. The summed E-state index contributed by atoms with van der Waals surface area (Å²) >= 11 is 0. The van der Waals surface area contributed by atoms with E-state index in [0.29, 0.717) is 11.6 Å². The second-order valence-corrected chi connectivity index (χ2v) is 7.62. The van der Waals surface area contributed by atoms with E-state index in [0.717, 1.165) is 27.7 Å². The molecule has 27 heavy (non-hydrogen) atoms. The number of benzene rings is 2. The van der Waals surface area contributed by atoms with Crippen LogP contribution in [-0.2, 0) is 10.0 Å². The van der Waals surface area contributed by atoms with Crippen LogP contribution in [0.4, 0.5) is 11.6 Å². The molecule has 4 aromatic rings. The van der Waals surface area contributed by atoms with Crippen molar-refractivity contribution < 1.29 is 8.42 Å². The summed E-state index contributed by atoms with van der Waals surface area (Å²) in [7, 11) is -3.78. The van der Waals surface area contributed by atoms with Crippen LogP contribution >= 0.6 is 0 Å². The van der Waals surface area contributed by atoms with Gasteiger partial charge in [-0.15, -0.1) is 0 Å². The molecule has 2 aromatic carbocycles. The molecule has 0 aliphatic rings. The van der Waals surface area contributed by atoms with Gasteiger partial charge in [-0.2, -0.15) is 5.10 Å². The van der Waals surface area contributed by atoms with E-state index in [1.165, 1.54) is 12.1 Å². The highest BCUT2D eigenvalue weighted by Crippen LogP contribution is 2.29. The van der Waals surface area contributed by atoms with E-state index in [1.807, 2.05) is 25.1 Å². The van der Waals surface area contributed by atoms with E-state index in [4.69, 9.17) is 5.14 Å². The molecule has 4 N–H and O–H groups in total. The zero-order valence-electron chi connectivity index (χ0n) is 14.3. The first kappa shape index (κ1) is 17.1. The van der Waals surface area contributed by atoms with Crippen molar-refractivity contribution in [3.63, 3.8) is 0 Å². The Labute approximate surface area is 155 Å². The summed E-state index contributed by atoms with van der Waals surface area (Å²) in [6.45, 7) is 1.93. The first-order valence-electron chi connectivity index (χ1n) is 8.08. The number of aromatic amines is 1. The topological polar surface area (TPSA) is 127 Å². The Kier molecular flexibility index (Phi) is 4.09. The normalized spacial score (nSPS) is 11.6. The smallest absolute Gasteiger partial charge is 0.238 e. The van der Waals surface area contributed by atoms with Crippen LogP contribution in [-0.4, -0.2) is 28.6 Å². The maximum absolute atomic E-state index is 11.5. The molecule has 2 heterocycles. The van der Waals surface area contributed by atoms with Crippen molar-refractivity contribution in [2.45, 2.75) is 11.8 Å². The van der Waals surface area contributed by atoms with Gasteiger partial charge in [-0.05, 0) is 36.8 Å². The second kappa shape index (κ2) is 6.45.